The molecule has 9 nitrogen and oxygen atoms in total. The Bertz CT molecular complexity index is 1270. The number of hydrogen-bond acceptors (Lipinski definition) is 6. The van der Waals surface area contributed by atoms with Gasteiger partial charge in [0.15, 0.2) is 5.69 Å². The van der Waals surface area contributed by atoms with E-state index in [0.717, 1.165) is 23.7 Å². The van der Waals surface area contributed by atoms with Gasteiger partial charge in [-0.2, -0.15) is 5.10 Å². The highest BCUT2D eigenvalue weighted by atomic mass is 79.9. The Balaban J connectivity index is 1.61. The van der Waals surface area contributed by atoms with Gasteiger partial charge in [0.1, 0.15) is 5.69 Å². The van der Waals surface area contributed by atoms with Gasteiger partial charge in [0.2, 0.25) is 5.91 Å². The lowest BCUT2D eigenvalue weighted by Gasteiger charge is -2.28. The second kappa shape index (κ2) is 12.2. The molecule has 0 radical (unpaired) electrons. The van der Waals surface area contributed by atoms with E-state index >= 15 is 0 Å². The van der Waals surface area contributed by atoms with Crippen LogP contribution in [0.3, 0.4) is 0 Å². The fourth-order valence-electron chi connectivity index (χ4n) is 4.23. The summed E-state index contributed by atoms with van der Waals surface area (Å²) in [6.45, 7) is 2.18. The molecule has 0 bridgehead atoms. The van der Waals surface area contributed by atoms with Crippen molar-refractivity contribution >= 4 is 45.1 Å². The van der Waals surface area contributed by atoms with Crippen LogP contribution in [0.5, 0.6) is 0 Å². The van der Waals surface area contributed by atoms with E-state index in [1.54, 1.807) is 60.4 Å². The van der Waals surface area contributed by atoms with E-state index < -0.39 is 5.97 Å². The highest BCUT2D eigenvalue weighted by Crippen LogP contribution is 2.30. The number of carbonyl (C=O) groups excluding carboxylic acids is 3. The van der Waals surface area contributed by atoms with Crippen LogP contribution in [0.15, 0.2) is 48.5 Å². The monoisotopic (exact) mass is 568 g/mol. The molecule has 2 aromatic carbocycles. The first-order valence-electron chi connectivity index (χ1n) is 12.2. The van der Waals surface area contributed by atoms with Crippen molar-refractivity contribution in [2.24, 2.45) is 0 Å². The van der Waals surface area contributed by atoms with Crippen molar-refractivity contribution in [2.75, 3.05) is 28.7 Å². The standard InChI is InChI=1S/C27H29BrN4O5/c1-2-37-27(36)24-22-14-16-31(20-12-8-19(9-13-20)29-23(34)5-3-4-15-28)26(35)25(22)32(30-24)21-10-6-18(17-33)7-11-21/h6-13,33H,2-5,14-17H2,1H3,(H,29,34). The summed E-state index contributed by atoms with van der Waals surface area (Å²) in [5.74, 6) is -0.904. The normalized spacial score (nSPS) is 12.8. The van der Waals surface area contributed by atoms with E-state index in [2.05, 4.69) is 26.3 Å². The van der Waals surface area contributed by atoms with Crippen LogP contribution in [0.4, 0.5) is 11.4 Å². The molecular formula is C27H29BrN4O5. The molecule has 0 aliphatic carbocycles. The van der Waals surface area contributed by atoms with Gasteiger partial charge in [0.05, 0.1) is 18.9 Å². The number of benzene rings is 2. The number of carbonyl (C=O) groups is 3. The van der Waals surface area contributed by atoms with E-state index in [9.17, 15) is 19.5 Å². The molecule has 0 saturated heterocycles. The second-order valence-corrected chi connectivity index (χ2v) is 9.37. The number of hydrogen-bond donors (Lipinski definition) is 2. The molecule has 2 N–H and O–H groups in total. The first-order valence-corrected chi connectivity index (χ1v) is 13.4. The molecule has 10 heteroatoms. The largest absolute Gasteiger partial charge is 0.461 e. The summed E-state index contributed by atoms with van der Waals surface area (Å²) in [6, 6.07) is 14.1. The summed E-state index contributed by atoms with van der Waals surface area (Å²) in [5, 5.41) is 17.6. The van der Waals surface area contributed by atoms with Gasteiger partial charge in [0, 0.05) is 35.2 Å². The minimum atomic E-state index is -0.568. The van der Waals surface area contributed by atoms with E-state index in [1.807, 2.05) is 0 Å². The average Bonchev–Trinajstić information content (AvgIpc) is 3.31. The number of aliphatic hydroxyl groups is 1. The molecule has 194 valence electrons. The van der Waals surface area contributed by atoms with E-state index in [1.165, 1.54) is 4.68 Å². The number of aliphatic hydroxyl groups excluding tert-OH is 1. The molecule has 2 amide bonds. The molecular weight excluding hydrogens is 540 g/mol. The minimum Gasteiger partial charge on any atom is -0.461 e. The molecule has 1 aromatic heterocycles. The lowest BCUT2D eigenvalue weighted by molar-refractivity contribution is -0.116. The fourth-order valence-corrected chi connectivity index (χ4v) is 4.62. The lowest BCUT2D eigenvalue weighted by Crippen LogP contribution is -2.39. The van der Waals surface area contributed by atoms with Crippen molar-refractivity contribution in [1.29, 1.82) is 0 Å². The van der Waals surface area contributed by atoms with Gasteiger partial charge >= 0.3 is 5.97 Å². The van der Waals surface area contributed by atoms with Crippen LogP contribution in [-0.4, -0.2) is 51.2 Å². The number of ether oxygens (including phenoxy) is 1. The zero-order valence-electron chi connectivity index (χ0n) is 20.6. The number of anilines is 2. The zero-order valence-corrected chi connectivity index (χ0v) is 22.2. The van der Waals surface area contributed by atoms with Crippen LogP contribution in [0.2, 0.25) is 0 Å². The summed E-state index contributed by atoms with van der Waals surface area (Å²) >= 11 is 3.36. The third kappa shape index (κ3) is 5.91. The Hall–Kier alpha value is -3.50. The maximum Gasteiger partial charge on any atom is 0.359 e. The van der Waals surface area contributed by atoms with Crippen LogP contribution >= 0.6 is 15.9 Å². The molecule has 37 heavy (non-hydrogen) atoms. The minimum absolute atomic E-state index is 0.0463. The molecule has 1 aliphatic heterocycles. The van der Waals surface area contributed by atoms with Crippen molar-refractivity contribution in [2.45, 2.75) is 39.2 Å². The smallest absolute Gasteiger partial charge is 0.359 e. The van der Waals surface area contributed by atoms with Crippen molar-refractivity contribution < 1.29 is 24.2 Å². The van der Waals surface area contributed by atoms with E-state index in [4.69, 9.17) is 4.74 Å². The maximum atomic E-state index is 13.7. The molecule has 0 spiro atoms. The summed E-state index contributed by atoms with van der Waals surface area (Å²) in [6.07, 6.45) is 2.62. The molecule has 0 atom stereocenters. The number of alkyl halides is 1. The summed E-state index contributed by atoms with van der Waals surface area (Å²) < 4.78 is 6.66. The lowest BCUT2D eigenvalue weighted by atomic mass is 10.0. The highest BCUT2D eigenvalue weighted by molar-refractivity contribution is 9.09. The predicted molar refractivity (Wildman–Crippen MR) is 144 cm³/mol. The van der Waals surface area contributed by atoms with E-state index in [-0.39, 0.29) is 30.7 Å². The predicted octanol–water partition coefficient (Wildman–Crippen LogP) is 4.25. The Morgan fingerprint density at radius 2 is 1.78 bits per heavy atom. The number of fused-ring (bicyclic) bond motifs is 1. The maximum absolute atomic E-state index is 13.7. The number of nitrogens with zero attached hydrogens (tertiary/aromatic N) is 3. The SMILES string of the molecule is CCOC(=O)c1nn(-c2ccc(CO)cc2)c2c1CCN(c1ccc(NC(=O)CCCCBr)cc1)C2=O. The van der Waals surface area contributed by atoms with Crippen LogP contribution < -0.4 is 10.2 Å². The summed E-state index contributed by atoms with van der Waals surface area (Å²) in [7, 11) is 0. The molecule has 4 rings (SSSR count). The molecule has 2 heterocycles. The third-order valence-corrected chi connectivity index (χ3v) is 6.66. The van der Waals surface area contributed by atoms with Gasteiger partial charge in [-0.1, -0.05) is 28.1 Å². The van der Waals surface area contributed by atoms with Crippen molar-refractivity contribution in [3.63, 3.8) is 0 Å². The second-order valence-electron chi connectivity index (χ2n) is 8.58. The Morgan fingerprint density at radius 3 is 2.43 bits per heavy atom. The van der Waals surface area contributed by atoms with Gasteiger partial charge in [-0.05, 0) is 68.1 Å². The number of aromatic nitrogens is 2. The number of rotatable bonds is 10. The average molecular weight is 569 g/mol. The Kier molecular flexibility index (Phi) is 8.73. The van der Waals surface area contributed by atoms with Crippen LogP contribution in [0.25, 0.3) is 5.69 Å². The van der Waals surface area contributed by atoms with Crippen LogP contribution in [-0.2, 0) is 22.6 Å². The first-order chi connectivity index (χ1) is 18.0. The molecule has 0 unspecified atom stereocenters. The number of nitrogens with one attached hydrogen (secondary N) is 1. The topological polar surface area (TPSA) is 114 Å². The number of amides is 2. The quantitative estimate of drug-likeness (QED) is 0.215. The zero-order chi connectivity index (χ0) is 26.4. The van der Waals surface area contributed by atoms with Gasteiger partial charge in [0.25, 0.3) is 5.91 Å². The van der Waals surface area contributed by atoms with Gasteiger partial charge in [-0.25, -0.2) is 9.48 Å². The molecule has 1 aliphatic rings. The van der Waals surface area contributed by atoms with Gasteiger partial charge in [-0.15, -0.1) is 0 Å². The van der Waals surface area contributed by atoms with Crippen molar-refractivity contribution in [1.82, 2.24) is 9.78 Å². The molecule has 0 saturated carbocycles. The first kappa shape index (κ1) is 26.6. The van der Waals surface area contributed by atoms with E-state index in [0.29, 0.717) is 47.7 Å². The number of esters is 1. The van der Waals surface area contributed by atoms with Gasteiger partial charge in [-0.3, -0.25) is 9.59 Å². The fraction of sp³-hybridized carbons (Fsp3) is 0.333. The third-order valence-electron chi connectivity index (χ3n) is 6.10. The van der Waals surface area contributed by atoms with Crippen molar-refractivity contribution in [3.05, 3.63) is 71.0 Å². The summed E-state index contributed by atoms with van der Waals surface area (Å²) in [5.41, 5.74) is 3.64. The summed E-state index contributed by atoms with van der Waals surface area (Å²) in [4.78, 5) is 40.1. The number of unbranched alkanes of at least 4 members (excludes halogenated alkanes) is 1. The van der Waals surface area contributed by atoms with Crippen LogP contribution in [0.1, 0.15) is 58.3 Å². The molecule has 0 fully saturated rings. The Labute approximate surface area is 223 Å². The number of halogens is 1. The van der Waals surface area contributed by atoms with Gasteiger partial charge < -0.3 is 20.1 Å². The highest BCUT2D eigenvalue weighted by Gasteiger charge is 2.35. The molecule has 3 aromatic rings. The van der Waals surface area contributed by atoms with Crippen molar-refractivity contribution in [3.8, 4) is 5.69 Å². The van der Waals surface area contributed by atoms with Crippen LogP contribution in [0, 0.1) is 0 Å². The Morgan fingerprint density at radius 1 is 1.08 bits per heavy atom.